The Bertz CT molecular complexity index is 1900. The Morgan fingerprint density at radius 2 is 1.37 bits per heavy atom. The quantitative estimate of drug-likeness (QED) is 0.0974. The standard InChI is InChI=1S/C42H43N3O5S/c1-28-39(27-51-38-20-18-37(19-21-38)45-29(2)47)49-41(50-40(28)33-16-14-31(26-46)15-17-33)36-13-7-12-35(23-36)34-11-6-10-32(22-34)25-44-42(48)43-24-30-8-4-3-5-9-30/h3-23,28,39-41,46H,24-27H2,1-2H3,(H,45,47)(H2,43,44,48)/t28-,39+,40+,41+/m1/s1. The van der Waals surface area contributed by atoms with Gasteiger partial charge in [-0.05, 0) is 69.8 Å². The lowest BCUT2D eigenvalue weighted by Gasteiger charge is -2.41. The molecule has 0 saturated carbocycles. The summed E-state index contributed by atoms with van der Waals surface area (Å²) in [6.07, 6.45) is -0.956. The Balaban J connectivity index is 1.16. The molecule has 0 aliphatic carbocycles. The van der Waals surface area contributed by atoms with Gasteiger partial charge >= 0.3 is 6.03 Å². The number of carbonyl (C=O) groups excluding carboxylic acids is 2. The SMILES string of the molecule is CC(=O)Nc1ccc(SC[C@@H]2O[C@H](c3cccc(-c4cccc(CNC(=O)NCc5ccccc5)c4)c3)O[C@H](c3ccc(CO)cc3)[C@@H]2C)cc1. The first-order valence-corrected chi connectivity index (χ1v) is 18.1. The fourth-order valence-corrected chi connectivity index (χ4v) is 7.14. The van der Waals surface area contributed by atoms with Gasteiger partial charge in [-0.1, -0.05) is 97.9 Å². The van der Waals surface area contributed by atoms with Crippen molar-refractivity contribution >= 4 is 29.4 Å². The number of aliphatic hydroxyl groups is 1. The van der Waals surface area contributed by atoms with Crippen LogP contribution < -0.4 is 16.0 Å². The topological polar surface area (TPSA) is 109 Å². The van der Waals surface area contributed by atoms with Crippen molar-refractivity contribution in [3.05, 3.63) is 155 Å². The van der Waals surface area contributed by atoms with Gasteiger partial charge < -0.3 is 30.5 Å². The summed E-state index contributed by atoms with van der Waals surface area (Å²) in [7, 11) is 0. The van der Waals surface area contributed by atoms with Crippen molar-refractivity contribution in [1.82, 2.24) is 10.6 Å². The zero-order valence-electron chi connectivity index (χ0n) is 28.8. The van der Waals surface area contributed by atoms with Crippen molar-refractivity contribution in [2.45, 2.75) is 56.9 Å². The number of thioether (sulfide) groups is 1. The van der Waals surface area contributed by atoms with E-state index in [0.29, 0.717) is 18.8 Å². The first kappa shape index (κ1) is 35.9. The third-order valence-corrected chi connectivity index (χ3v) is 9.98. The number of hydrogen-bond donors (Lipinski definition) is 4. The molecular formula is C42H43N3O5S. The third kappa shape index (κ3) is 9.86. The normalized spacial score (nSPS) is 18.5. The summed E-state index contributed by atoms with van der Waals surface area (Å²) in [4.78, 5) is 25.0. The molecule has 3 amide bonds. The van der Waals surface area contributed by atoms with Gasteiger partial charge in [0.25, 0.3) is 0 Å². The first-order valence-electron chi connectivity index (χ1n) is 17.1. The molecule has 1 saturated heterocycles. The van der Waals surface area contributed by atoms with Gasteiger partial charge in [-0.25, -0.2) is 4.79 Å². The number of anilines is 1. The number of hydrogen-bond acceptors (Lipinski definition) is 6. The average Bonchev–Trinajstić information content (AvgIpc) is 3.17. The smallest absolute Gasteiger partial charge is 0.315 e. The lowest BCUT2D eigenvalue weighted by Crippen LogP contribution is -2.38. The lowest BCUT2D eigenvalue weighted by atomic mass is 9.91. The molecular weight excluding hydrogens is 659 g/mol. The number of nitrogens with one attached hydrogen (secondary N) is 3. The Hall–Kier alpha value is -4.93. The van der Waals surface area contributed by atoms with E-state index in [0.717, 1.165) is 49.5 Å². The molecule has 0 aromatic heterocycles. The summed E-state index contributed by atoms with van der Waals surface area (Å²) in [5, 5.41) is 18.3. The zero-order chi connectivity index (χ0) is 35.6. The van der Waals surface area contributed by atoms with Gasteiger partial charge in [0.05, 0.1) is 18.8 Å². The summed E-state index contributed by atoms with van der Waals surface area (Å²) in [5.41, 5.74) is 7.63. The molecule has 4 atom stereocenters. The van der Waals surface area contributed by atoms with Gasteiger partial charge in [0.2, 0.25) is 5.91 Å². The van der Waals surface area contributed by atoms with E-state index in [2.05, 4.69) is 47.1 Å². The van der Waals surface area contributed by atoms with Crippen molar-refractivity contribution in [2.75, 3.05) is 11.1 Å². The van der Waals surface area contributed by atoms with E-state index in [1.54, 1.807) is 11.8 Å². The van der Waals surface area contributed by atoms with Gasteiger partial charge in [-0.2, -0.15) is 0 Å². The molecule has 0 spiro atoms. The molecule has 1 fully saturated rings. The van der Waals surface area contributed by atoms with Crippen molar-refractivity contribution in [2.24, 2.45) is 5.92 Å². The van der Waals surface area contributed by atoms with Crippen LogP contribution in [0.4, 0.5) is 10.5 Å². The fraction of sp³-hybridized carbons (Fsp3) is 0.238. The van der Waals surface area contributed by atoms with Crippen LogP contribution in [-0.2, 0) is 34.0 Å². The van der Waals surface area contributed by atoms with E-state index in [1.165, 1.54) is 6.92 Å². The molecule has 0 radical (unpaired) electrons. The zero-order valence-corrected chi connectivity index (χ0v) is 29.6. The van der Waals surface area contributed by atoms with Crippen LogP contribution >= 0.6 is 11.8 Å². The van der Waals surface area contributed by atoms with Crippen LogP contribution in [0.15, 0.2) is 132 Å². The van der Waals surface area contributed by atoms with Crippen LogP contribution in [0.2, 0.25) is 0 Å². The molecule has 5 aromatic carbocycles. The van der Waals surface area contributed by atoms with Crippen LogP contribution in [-0.4, -0.2) is 28.9 Å². The van der Waals surface area contributed by atoms with Crippen LogP contribution in [0.25, 0.3) is 11.1 Å². The minimum absolute atomic E-state index is 0.0153. The number of urea groups is 1. The number of amides is 3. The monoisotopic (exact) mass is 701 g/mol. The van der Waals surface area contributed by atoms with E-state index >= 15 is 0 Å². The molecule has 1 aliphatic heterocycles. The average molecular weight is 702 g/mol. The lowest BCUT2D eigenvalue weighted by molar-refractivity contribution is -0.268. The van der Waals surface area contributed by atoms with E-state index < -0.39 is 6.29 Å². The molecule has 9 heteroatoms. The number of aliphatic hydroxyl groups excluding tert-OH is 1. The largest absolute Gasteiger partial charge is 0.392 e. The van der Waals surface area contributed by atoms with Crippen molar-refractivity contribution < 1.29 is 24.2 Å². The predicted octanol–water partition coefficient (Wildman–Crippen LogP) is 8.39. The Labute approximate surface area is 303 Å². The molecule has 8 nitrogen and oxygen atoms in total. The third-order valence-electron chi connectivity index (χ3n) is 8.88. The van der Waals surface area contributed by atoms with Crippen LogP contribution in [0.5, 0.6) is 0 Å². The van der Waals surface area contributed by atoms with E-state index in [-0.39, 0.29) is 36.7 Å². The molecule has 1 heterocycles. The summed E-state index contributed by atoms with van der Waals surface area (Å²) in [6.45, 7) is 4.50. The van der Waals surface area contributed by atoms with Crippen molar-refractivity contribution in [1.29, 1.82) is 0 Å². The summed E-state index contributed by atoms with van der Waals surface area (Å²) in [5.74, 6) is 0.654. The number of ether oxygens (including phenoxy) is 2. The van der Waals surface area contributed by atoms with Crippen molar-refractivity contribution in [3.63, 3.8) is 0 Å². The van der Waals surface area contributed by atoms with Crippen LogP contribution in [0.3, 0.4) is 0 Å². The molecule has 1 aliphatic rings. The van der Waals surface area contributed by atoms with E-state index in [4.69, 9.17) is 9.47 Å². The highest BCUT2D eigenvalue weighted by Gasteiger charge is 2.38. The second-order valence-electron chi connectivity index (χ2n) is 12.7. The minimum atomic E-state index is -0.602. The molecule has 5 aromatic rings. The highest BCUT2D eigenvalue weighted by molar-refractivity contribution is 7.99. The Morgan fingerprint density at radius 3 is 2.08 bits per heavy atom. The van der Waals surface area contributed by atoms with Gasteiger partial charge in [-0.3, -0.25) is 4.79 Å². The molecule has 4 N–H and O–H groups in total. The fourth-order valence-electron chi connectivity index (χ4n) is 6.07. The summed E-state index contributed by atoms with van der Waals surface area (Å²) >= 11 is 1.71. The summed E-state index contributed by atoms with van der Waals surface area (Å²) < 4.78 is 13.4. The molecule has 0 bridgehead atoms. The second kappa shape index (κ2) is 17.3. The molecule has 0 unspecified atom stereocenters. The number of carbonyl (C=O) groups is 2. The number of benzene rings is 5. The summed E-state index contributed by atoms with van der Waals surface area (Å²) in [6, 6.07) is 41.7. The molecule has 6 rings (SSSR count). The Morgan fingerprint density at radius 1 is 0.706 bits per heavy atom. The van der Waals surface area contributed by atoms with Crippen LogP contribution in [0, 0.1) is 5.92 Å². The van der Waals surface area contributed by atoms with Gasteiger partial charge in [0.15, 0.2) is 6.29 Å². The van der Waals surface area contributed by atoms with Crippen molar-refractivity contribution in [3.8, 4) is 11.1 Å². The second-order valence-corrected chi connectivity index (χ2v) is 13.8. The molecule has 262 valence electrons. The van der Waals surface area contributed by atoms with Gasteiger partial charge in [-0.15, -0.1) is 11.8 Å². The number of rotatable bonds is 12. The van der Waals surface area contributed by atoms with E-state index in [1.807, 2.05) is 103 Å². The predicted molar refractivity (Wildman–Crippen MR) is 202 cm³/mol. The maximum absolute atomic E-state index is 12.5. The first-order chi connectivity index (χ1) is 24.8. The maximum Gasteiger partial charge on any atom is 0.315 e. The Kier molecular flexibility index (Phi) is 12.2. The molecule has 51 heavy (non-hydrogen) atoms. The van der Waals surface area contributed by atoms with E-state index in [9.17, 15) is 14.7 Å². The van der Waals surface area contributed by atoms with Crippen LogP contribution in [0.1, 0.15) is 54.1 Å². The highest BCUT2D eigenvalue weighted by Crippen LogP contribution is 2.43. The highest BCUT2D eigenvalue weighted by atomic mass is 32.2. The maximum atomic E-state index is 12.5. The minimum Gasteiger partial charge on any atom is -0.392 e. The van der Waals surface area contributed by atoms with Gasteiger partial charge in [0.1, 0.15) is 0 Å². The van der Waals surface area contributed by atoms with Gasteiger partial charge in [0, 0.05) is 47.8 Å².